The maximum absolute atomic E-state index is 14.2. The smallest absolute Gasteiger partial charge is 0.244 e. The number of nitrogens with zero attached hydrogens (tertiary/aromatic N) is 2. The zero-order valence-electron chi connectivity index (χ0n) is 23.9. The summed E-state index contributed by atoms with van der Waals surface area (Å²) in [6, 6.07) is 21.1. The van der Waals surface area contributed by atoms with E-state index in [0.29, 0.717) is 16.3 Å². The molecule has 214 valence electrons. The molecule has 0 aliphatic heterocycles. The lowest BCUT2D eigenvalue weighted by atomic mass is 10.00. The molecule has 3 aromatic carbocycles. The van der Waals surface area contributed by atoms with Gasteiger partial charge in [-0.1, -0.05) is 66.2 Å². The highest BCUT2D eigenvalue weighted by Gasteiger charge is 2.34. The van der Waals surface area contributed by atoms with Gasteiger partial charge >= 0.3 is 0 Å². The Morgan fingerprint density at radius 3 is 2.12 bits per heavy atom. The molecule has 0 heterocycles. The zero-order chi connectivity index (χ0) is 29.7. The Morgan fingerprint density at radius 2 is 1.55 bits per heavy atom. The van der Waals surface area contributed by atoms with Crippen LogP contribution < -0.4 is 9.62 Å². The van der Waals surface area contributed by atoms with Crippen LogP contribution in [0, 0.1) is 13.8 Å². The van der Waals surface area contributed by atoms with Gasteiger partial charge in [0.2, 0.25) is 21.8 Å². The first-order valence-corrected chi connectivity index (χ1v) is 15.3. The van der Waals surface area contributed by atoms with Gasteiger partial charge in [0, 0.05) is 23.5 Å². The Morgan fingerprint density at radius 1 is 0.925 bits per heavy atom. The molecule has 3 rings (SSSR count). The third-order valence-electron chi connectivity index (χ3n) is 6.48. The molecule has 0 bridgehead atoms. The molecular weight excluding hydrogens is 546 g/mol. The summed E-state index contributed by atoms with van der Waals surface area (Å²) in [6.07, 6.45) is 1.33. The third kappa shape index (κ3) is 8.57. The number of hydrogen-bond acceptors (Lipinski definition) is 4. The highest BCUT2D eigenvalue weighted by Crippen LogP contribution is 2.26. The number of benzene rings is 3. The molecule has 7 nitrogen and oxygen atoms in total. The predicted octanol–water partition coefficient (Wildman–Crippen LogP) is 5.28. The first kappa shape index (κ1) is 31.2. The van der Waals surface area contributed by atoms with E-state index in [-0.39, 0.29) is 18.9 Å². The van der Waals surface area contributed by atoms with Crippen molar-refractivity contribution >= 4 is 39.1 Å². The fourth-order valence-electron chi connectivity index (χ4n) is 4.47. The molecule has 0 saturated heterocycles. The van der Waals surface area contributed by atoms with Gasteiger partial charge in [0.1, 0.15) is 12.6 Å². The van der Waals surface area contributed by atoms with Crippen molar-refractivity contribution < 1.29 is 18.0 Å². The van der Waals surface area contributed by atoms with Crippen LogP contribution in [-0.2, 0) is 32.6 Å². The van der Waals surface area contributed by atoms with Gasteiger partial charge in [-0.3, -0.25) is 13.9 Å². The van der Waals surface area contributed by atoms with E-state index in [1.807, 2.05) is 82.3 Å². The number of nitrogens with one attached hydrogen (secondary N) is 1. The first-order valence-electron chi connectivity index (χ1n) is 13.1. The molecule has 1 N–H and O–H groups in total. The van der Waals surface area contributed by atoms with Crippen molar-refractivity contribution in [2.45, 2.75) is 59.2 Å². The molecule has 2 amide bonds. The first-order chi connectivity index (χ1) is 18.7. The van der Waals surface area contributed by atoms with E-state index in [0.717, 1.165) is 27.3 Å². The number of hydrogen-bond donors (Lipinski definition) is 1. The van der Waals surface area contributed by atoms with Crippen LogP contribution in [0.4, 0.5) is 5.69 Å². The van der Waals surface area contributed by atoms with Gasteiger partial charge in [0.05, 0.1) is 11.9 Å². The topological polar surface area (TPSA) is 86.8 Å². The minimum atomic E-state index is -3.85. The van der Waals surface area contributed by atoms with E-state index in [2.05, 4.69) is 5.32 Å². The summed E-state index contributed by atoms with van der Waals surface area (Å²) in [7, 11) is -3.85. The van der Waals surface area contributed by atoms with Crippen molar-refractivity contribution in [2.75, 3.05) is 17.1 Å². The molecule has 0 aliphatic rings. The summed E-state index contributed by atoms with van der Waals surface area (Å²) in [5, 5.41) is 3.49. The summed E-state index contributed by atoms with van der Waals surface area (Å²) in [4.78, 5) is 29.5. The van der Waals surface area contributed by atoms with Crippen LogP contribution in [0.1, 0.15) is 43.0 Å². The molecule has 0 fully saturated rings. The van der Waals surface area contributed by atoms with Crippen molar-refractivity contribution in [3.63, 3.8) is 0 Å². The second-order valence-electron chi connectivity index (χ2n) is 11.1. The normalized spacial score (nSPS) is 12.5. The summed E-state index contributed by atoms with van der Waals surface area (Å²) in [5.41, 5.74) is 3.14. The van der Waals surface area contributed by atoms with E-state index < -0.39 is 34.1 Å². The van der Waals surface area contributed by atoms with Gasteiger partial charge in [-0.15, -0.1) is 0 Å². The van der Waals surface area contributed by atoms with E-state index in [1.54, 1.807) is 25.1 Å². The number of rotatable bonds is 10. The monoisotopic (exact) mass is 583 g/mol. The second-order valence-corrected chi connectivity index (χ2v) is 13.4. The second kappa shape index (κ2) is 12.9. The number of anilines is 1. The predicted molar refractivity (Wildman–Crippen MR) is 162 cm³/mol. The van der Waals surface area contributed by atoms with Gasteiger partial charge in [-0.25, -0.2) is 8.42 Å². The molecule has 0 aliphatic carbocycles. The largest absolute Gasteiger partial charge is 0.350 e. The highest BCUT2D eigenvalue weighted by atomic mass is 35.5. The number of halogens is 1. The van der Waals surface area contributed by atoms with Gasteiger partial charge in [0.25, 0.3) is 0 Å². The molecule has 40 heavy (non-hydrogen) atoms. The van der Waals surface area contributed by atoms with Crippen LogP contribution in [0.2, 0.25) is 5.02 Å². The SMILES string of the molecule is Cc1ccccc1CN(C(=O)CN(c1ccc(Cl)cc1C)S(C)(=O)=O)[C@H](Cc1ccccc1)C(=O)NC(C)(C)C. The molecule has 0 radical (unpaired) electrons. The van der Waals surface area contributed by atoms with Crippen LogP contribution in [-0.4, -0.2) is 49.5 Å². The molecule has 0 saturated carbocycles. The minimum absolute atomic E-state index is 0.137. The molecule has 0 aromatic heterocycles. The minimum Gasteiger partial charge on any atom is -0.350 e. The van der Waals surface area contributed by atoms with Crippen LogP contribution >= 0.6 is 11.6 Å². The summed E-state index contributed by atoms with van der Waals surface area (Å²) in [5.74, 6) is -0.806. The van der Waals surface area contributed by atoms with Crippen molar-refractivity contribution in [3.8, 4) is 0 Å². The average Bonchev–Trinajstić information content (AvgIpc) is 2.85. The standard InChI is InChI=1S/C31H38ClN3O4S/c1-22-12-10-11-15-25(22)20-34(28(30(37)33-31(3,4)5)19-24-13-8-7-9-14-24)29(36)21-35(40(6,38)39)27-17-16-26(32)18-23(27)2/h7-18,28H,19-21H2,1-6H3,(H,33,37)/t28-/m1/s1. The van der Waals surface area contributed by atoms with Gasteiger partial charge in [-0.2, -0.15) is 0 Å². The number of sulfonamides is 1. The number of amides is 2. The Hall–Kier alpha value is -3.36. The molecular formula is C31H38ClN3O4S. The summed E-state index contributed by atoms with van der Waals surface area (Å²) < 4.78 is 27.0. The van der Waals surface area contributed by atoms with E-state index in [1.165, 1.54) is 4.90 Å². The zero-order valence-corrected chi connectivity index (χ0v) is 25.5. The fraction of sp³-hybridized carbons (Fsp3) is 0.355. The third-order valence-corrected chi connectivity index (χ3v) is 7.84. The Labute approximate surface area is 243 Å². The maximum Gasteiger partial charge on any atom is 0.244 e. The molecule has 0 spiro atoms. The molecule has 3 aromatic rings. The van der Waals surface area contributed by atoms with Crippen LogP contribution in [0.15, 0.2) is 72.8 Å². The van der Waals surface area contributed by atoms with Crippen LogP contribution in [0.25, 0.3) is 0 Å². The molecule has 1 atom stereocenters. The maximum atomic E-state index is 14.2. The molecule has 0 unspecified atom stereocenters. The van der Waals surface area contributed by atoms with E-state index in [4.69, 9.17) is 11.6 Å². The van der Waals surface area contributed by atoms with E-state index >= 15 is 0 Å². The Kier molecular flexibility index (Phi) is 10.0. The number of carbonyl (C=O) groups excluding carboxylic acids is 2. The Bertz CT molecular complexity index is 1450. The average molecular weight is 584 g/mol. The van der Waals surface area contributed by atoms with Gasteiger partial charge in [-0.05, 0) is 75.1 Å². The van der Waals surface area contributed by atoms with Gasteiger partial charge < -0.3 is 10.2 Å². The molecule has 9 heteroatoms. The van der Waals surface area contributed by atoms with Gasteiger partial charge in [0.15, 0.2) is 0 Å². The van der Waals surface area contributed by atoms with Crippen molar-refractivity contribution in [1.29, 1.82) is 0 Å². The van der Waals surface area contributed by atoms with Crippen LogP contribution in [0.3, 0.4) is 0 Å². The van der Waals surface area contributed by atoms with Crippen LogP contribution in [0.5, 0.6) is 0 Å². The van der Waals surface area contributed by atoms with Crippen molar-refractivity contribution in [3.05, 3.63) is 100 Å². The van der Waals surface area contributed by atoms with Crippen molar-refractivity contribution in [1.82, 2.24) is 10.2 Å². The van der Waals surface area contributed by atoms with E-state index in [9.17, 15) is 18.0 Å². The lowest BCUT2D eigenvalue weighted by Crippen LogP contribution is -2.56. The number of carbonyl (C=O) groups is 2. The lowest BCUT2D eigenvalue weighted by Gasteiger charge is -2.35. The van der Waals surface area contributed by atoms with Crippen molar-refractivity contribution in [2.24, 2.45) is 0 Å². The summed E-state index contributed by atoms with van der Waals surface area (Å²) >= 11 is 6.12. The highest BCUT2D eigenvalue weighted by molar-refractivity contribution is 7.92. The fourth-order valence-corrected chi connectivity index (χ4v) is 5.61. The quantitative estimate of drug-likeness (QED) is 0.352. The summed E-state index contributed by atoms with van der Waals surface area (Å²) in [6.45, 7) is 8.99. The Balaban J connectivity index is 2.10. The lowest BCUT2D eigenvalue weighted by molar-refractivity contribution is -0.140. The number of aryl methyl sites for hydroxylation is 2.